The molecule has 0 saturated heterocycles. The molecular formula is C12H17N3S. The molecular weight excluding hydrogens is 218 g/mol. The fraction of sp³-hybridized carbons (Fsp3) is 0.500. The van der Waals surface area contributed by atoms with Crippen LogP contribution in [0.1, 0.15) is 26.7 Å². The lowest BCUT2D eigenvalue weighted by Crippen LogP contribution is -2.00. The van der Waals surface area contributed by atoms with Gasteiger partial charge >= 0.3 is 0 Å². The van der Waals surface area contributed by atoms with E-state index >= 15 is 0 Å². The molecule has 0 spiro atoms. The summed E-state index contributed by atoms with van der Waals surface area (Å²) in [5.74, 6) is 0.743. The number of aromatic amines is 1. The highest BCUT2D eigenvalue weighted by Gasteiger charge is 2.04. The van der Waals surface area contributed by atoms with Crippen molar-refractivity contribution < 1.29 is 0 Å². The number of fused-ring (bicyclic) bond motifs is 1. The number of rotatable bonds is 4. The highest BCUT2D eigenvalue weighted by molar-refractivity contribution is 7.71. The number of nitrogens with zero attached hydrogens (tertiary/aromatic N) is 2. The van der Waals surface area contributed by atoms with Crippen molar-refractivity contribution >= 4 is 23.4 Å². The van der Waals surface area contributed by atoms with Gasteiger partial charge in [-0.05, 0) is 43.1 Å². The number of aryl methyl sites for hydroxylation is 1. The summed E-state index contributed by atoms with van der Waals surface area (Å²) in [6.45, 7) is 5.44. The van der Waals surface area contributed by atoms with Gasteiger partial charge in [-0.3, -0.25) is 0 Å². The number of hydrogen-bond acceptors (Lipinski definition) is 2. The molecule has 0 aliphatic carbocycles. The van der Waals surface area contributed by atoms with Gasteiger partial charge in [0.1, 0.15) is 0 Å². The van der Waals surface area contributed by atoms with E-state index in [0.29, 0.717) is 0 Å². The molecule has 3 nitrogen and oxygen atoms in total. The maximum Gasteiger partial charge on any atom is 0.179 e. The van der Waals surface area contributed by atoms with Crippen LogP contribution in [0.3, 0.4) is 0 Å². The van der Waals surface area contributed by atoms with E-state index in [2.05, 4.69) is 28.4 Å². The molecule has 2 aromatic rings. The third kappa shape index (κ3) is 2.32. The van der Waals surface area contributed by atoms with Crippen LogP contribution in [0.5, 0.6) is 0 Å². The Bertz CT molecular complexity index is 524. The molecule has 16 heavy (non-hydrogen) atoms. The van der Waals surface area contributed by atoms with E-state index < -0.39 is 0 Å². The number of aromatic nitrogens is 3. The van der Waals surface area contributed by atoms with E-state index in [1.165, 1.54) is 6.42 Å². The van der Waals surface area contributed by atoms with Crippen LogP contribution >= 0.6 is 12.2 Å². The maximum atomic E-state index is 5.30. The van der Waals surface area contributed by atoms with Gasteiger partial charge in [0.05, 0.1) is 5.52 Å². The first kappa shape index (κ1) is 11.3. The Hall–Kier alpha value is -1.16. The third-order valence-corrected chi connectivity index (χ3v) is 3.01. The zero-order valence-corrected chi connectivity index (χ0v) is 10.5. The number of imidazole rings is 1. The number of pyridine rings is 1. The SMILES string of the molecule is CC(C)CCCn1c(=S)[nH]c2cccnc21. The lowest BCUT2D eigenvalue weighted by molar-refractivity contribution is 0.513. The van der Waals surface area contributed by atoms with Gasteiger partial charge in [-0.1, -0.05) is 13.8 Å². The zero-order valence-electron chi connectivity index (χ0n) is 9.73. The average Bonchev–Trinajstić information content (AvgIpc) is 2.55. The molecule has 0 aromatic carbocycles. The lowest BCUT2D eigenvalue weighted by Gasteiger charge is -2.05. The molecule has 86 valence electrons. The Morgan fingerprint density at radius 3 is 3.06 bits per heavy atom. The summed E-state index contributed by atoms with van der Waals surface area (Å²) in [6.07, 6.45) is 4.18. The summed E-state index contributed by atoms with van der Waals surface area (Å²) < 4.78 is 2.87. The molecule has 0 aliphatic heterocycles. The lowest BCUT2D eigenvalue weighted by atomic mass is 10.1. The summed E-state index contributed by atoms with van der Waals surface area (Å²) >= 11 is 5.30. The first-order chi connectivity index (χ1) is 7.68. The largest absolute Gasteiger partial charge is 0.329 e. The predicted octanol–water partition coefficient (Wildman–Crippen LogP) is 3.53. The monoisotopic (exact) mass is 235 g/mol. The van der Waals surface area contributed by atoms with E-state index in [1.807, 2.05) is 18.3 Å². The van der Waals surface area contributed by atoms with Gasteiger partial charge in [0.15, 0.2) is 10.4 Å². The van der Waals surface area contributed by atoms with Crippen molar-refractivity contribution in [3.8, 4) is 0 Å². The molecule has 0 atom stereocenters. The van der Waals surface area contributed by atoms with Crippen molar-refractivity contribution in [2.24, 2.45) is 5.92 Å². The second-order valence-electron chi connectivity index (χ2n) is 4.49. The Morgan fingerprint density at radius 2 is 2.31 bits per heavy atom. The summed E-state index contributed by atoms with van der Waals surface area (Å²) in [7, 11) is 0. The second-order valence-corrected chi connectivity index (χ2v) is 4.88. The first-order valence-corrected chi connectivity index (χ1v) is 6.13. The molecule has 0 radical (unpaired) electrons. The topological polar surface area (TPSA) is 33.6 Å². The second kappa shape index (κ2) is 4.78. The van der Waals surface area contributed by atoms with Crippen LogP contribution in [0.25, 0.3) is 11.2 Å². The minimum Gasteiger partial charge on any atom is -0.329 e. The molecule has 4 heteroatoms. The Morgan fingerprint density at radius 1 is 1.50 bits per heavy atom. The van der Waals surface area contributed by atoms with Crippen LogP contribution in [0.15, 0.2) is 18.3 Å². The summed E-state index contributed by atoms with van der Waals surface area (Å²) in [5, 5.41) is 0. The molecule has 2 rings (SSSR count). The van der Waals surface area contributed by atoms with Gasteiger partial charge in [-0.25, -0.2) is 4.98 Å². The Kier molecular flexibility index (Phi) is 3.39. The maximum absolute atomic E-state index is 5.30. The smallest absolute Gasteiger partial charge is 0.179 e. The quantitative estimate of drug-likeness (QED) is 0.822. The van der Waals surface area contributed by atoms with E-state index in [1.54, 1.807) is 0 Å². The van der Waals surface area contributed by atoms with Gasteiger partial charge < -0.3 is 9.55 Å². The van der Waals surface area contributed by atoms with Gasteiger partial charge in [0.2, 0.25) is 0 Å². The molecule has 0 fully saturated rings. The van der Waals surface area contributed by atoms with Gasteiger partial charge in [-0.15, -0.1) is 0 Å². The van der Waals surface area contributed by atoms with Crippen molar-refractivity contribution in [2.45, 2.75) is 33.2 Å². The number of H-pyrrole nitrogens is 1. The van der Waals surface area contributed by atoms with E-state index in [9.17, 15) is 0 Å². The normalized spacial score (nSPS) is 11.4. The Labute approximate surface area is 101 Å². The van der Waals surface area contributed by atoms with E-state index in [4.69, 9.17) is 12.2 Å². The number of hydrogen-bond donors (Lipinski definition) is 1. The minimum absolute atomic E-state index is 0.743. The van der Waals surface area contributed by atoms with Crippen LogP contribution in [-0.2, 0) is 6.54 Å². The third-order valence-electron chi connectivity index (χ3n) is 2.69. The van der Waals surface area contributed by atoms with Crippen molar-refractivity contribution in [3.05, 3.63) is 23.1 Å². The van der Waals surface area contributed by atoms with Crippen molar-refractivity contribution in [1.29, 1.82) is 0 Å². The zero-order chi connectivity index (χ0) is 11.5. The van der Waals surface area contributed by atoms with Crippen LogP contribution in [0, 0.1) is 10.7 Å². The summed E-state index contributed by atoms with van der Waals surface area (Å²) in [4.78, 5) is 7.55. The van der Waals surface area contributed by atoms with Gasteiger partial charge in [-0.2, -0.15) is 0 Å². The molecule has 1 N–H and O–H groups in total. The fourth-order valence-electron chi connectivity index (χ4n) is 1.85. The molecule has 0 saturated carbocycles. The van der Waals surface area contributed by atoms with Gasteiger partial charge in [0, 0.05) is 12.7 Å². The molecule has 2 aromatic heterocycles. The van der Waals surface area contributed by atoms with E-state index in [0.717, 1.165) is 34.8 Å². The average molecular weight is 235 g/mol. The standard InChI is InChI=1S/C12H17N3S/c1-9(2)5-4-8-15-11-10(14-12(15)16)6-3-7-13-11/h3,6-7,9H,4-5,8H2,1-2H3,(H,14,16). The molecule has 0 amide bonds. The van der Waals surface area contributed by atoms with Crippen molar-refractivity contribution in [2.75, 3.05) is 0 Å². The van der Waals surface area contributed by atoms with Crippen molar-refractivity contribution in [3.63, 3.8) is 0 Å². The van der Waals surface area contributed by atoms with Crippen LogP contribution in [0.4, 0.5) is 0 Å². The number of nitrogens with one attached hydrogen (secondary N) is 1. The summed E-state index contributed by atoms with van der Waals surface area (Å²) in [6, 6.07) is 3.93. The van der Waals surface area contributed by atoms with Crippen LogP contribution in [0.2, 0.25) is 0 Å². The Balaban J connectivity index is 2.23. The van der Waals surface area contributed by atoms with E-state index in [-0.39, 0.29) is 0 Å². The molecule has 0 bridgehead atoms. The molecule has 2 heterocycles. The van der Waals surface area contributed by atoms with Crippen LogP contribution in [-0.4, -0.2) is 14.5 Å². The summed E-state index contributed by atoms with van der Waals surface area (Å²) in [5.41, 5.74) is 1.99. The predicted molar refractivity (Wildman–Crippen MR) is 69.0 cm³/mol. The highest BCUT2D eigenvalue weighted by atomic mass is 32.1. The first-order valence-electron chi connectivity index (χ1n) is 5.72. The highest BCUT2D eigenvalue weighted by Crippen LogP contribution is 2.13. The van der Waals surface area contributed by atoms with Crippen molar-refractivity contribution in [1.82, 2.24) is 14.5 Å². The van der Waals surface area contributed by atoms with Crippen LogP contribution < -0.4 is 0 Å². The molecule has 0 aliphatic rings. The molecule has 0 unspecified atom stereocenters. The minimum atomic E-state index is 0.743. The fourth-order valence-corrected chi connectivity index (χ4v) is 2.14. The van der Waals surface area contributed by atoms with Gasteiger partial charge in [0.25, 0.3) is 0 Å².